The van der Waals surface area contributed by atoms with Gasteiger partial charge in [-0.3, -0.25) is 0 Å². The Kier molecular flexibility index (Phi) is 3.89. The van der Waals surface area contributed by atoms with Crippen LogP contribution >= 0.6 is 11.6 Å². The number of alkyl halides is 1. The lowest BCUT2D eigenvalue weighted by Crippen LogP contribution is -2.30. The average molecular weight is 253 g/mol. The monoisotopic (exact) mass is 252 g/mol. The van der Waals surface area contributed by atoms with Gasteiger partial charge in [-0.25, -0.2) is 4.79 Å². The molecule has 0 aromatic heterocycles. The van der Waals surface area contributed by atoms with Crippen LogP contribution in [0, 0.1) is 0 Å². The summed E-state index contributed by atoms with van der Waals surface area (Å²) < 4.78 is 0. The quantitative estimate of drug-likeness (QED) is 0.798. The fourth-order valence-electron chi connectivity index (χ4n) is 2.37. The molecule has 1 atom stereocenters. The van der Waals surface area contributed by atoms with E-state index < -0.39 is 0 Å². The van der Waals surface area contributed by atoms with E-state index >= 15 is 0 Å². The van der Waals surface area contributed by atoms with Crippen molar-refractivity contribution >= 4 is 23.3 Å². The fourth-order valence-corrected chi connectivity index (χ4v) is 2.46. The highest BCUT2D eigenvalue weighted by Gasteiger charge is 2.22. The summed E-state index contributed by atoms with van der Waals surface area (Å²) >= 11 is 5.52. The number of fused-ring (bicyclic) bond motifs is 1. The van der Waals surface area contributed by atoms with E-state index in [2.05, 4.69) is 23.6 Å². The third-order valence-electron chi connectivity index (χ3n) is 3.16. The lowest BCUT2D eigenvalue weighted by atomic mass is 10.0. The number of aryl methyl sites for hydroxylation is 1. The van der Waals surface area contributed by atoms with E-state index in [-0.39, 0.29) is 6.03 Å². The Labute approximate surface area is 107 Å². The first kappa shape index (κ1) is 12.2. The number of benzene rings is 1. The zero-order chi connectivity index (χ0) is 12.3. The Bertz CT molecular complexity index is 420. The minimum absolute atomic E-state index is 0.182. The van der Waals surface area contributed by atoms with Gasteiger partial charge in [0.25, 0.3) is 0 Å². The van der Waals surface area contributed by atoms with Crippen molar-refractivity contribution in [3.63, 3.8) is 0 Å². The van der Waals surface area contributed by atoms with Gasteiger partial charge in [-0.1, -0.05) is 19.1 Å². The molecule has 2 amide bonds. The molecule has 0 aliphatic heterocycles. The summed E-state index contributed by atoms with van der Waals surface area (Å²) in [5.41, 5.74) is 3.57. The number of carbonyl (C=O) groups is 1. The van der Waals surface area contributed by atoms with Crippen molar-refractivity contribution in [3.05, 3.63) is 29.3 Å². The number of halogens is 1. The van der Waals surface area contributed by atoms with Crippen molar-refractivity contribution < 1.29 is 4.79 Å². The maximum Gasteiger partial charge on any atom is 0.319 e. The Hall–Kier alpha value is -1.22. The number of nitrogens with one attached hydrogen (secondary N) is 2. The van der Waals surface area contributed by atoms with Crippen molar-refractivity contribution in [2.24, 2.45) is 0 Å². The molecule has 17 heavy (non-hydrogen) atoms. The Morgan fingerprint density at radius 3 is 3.12 bits per heavy atom. The van der Waals surface area contributed by atoms with Gasteiger partial charge < -0.3 is 10.6 Å². The molecule has 0 spiro atoms. The molecule has 0 bridgehead atoms. The molecule has 0 saturated carbocycles. The van der Waals surface area contributed by atoms with Gasteiger partial charge in [-0.15, -0.1) is 11.6 Å². The minimum Gasteiger partial charge on any atom is -0.337 e. The predicted molar refractivity (Wildman–Crippen MR) is 70.9 cm³/mol. The second-order valence-electron chi connectivity index (χ2n) is 4.39. The van der Waals surface area contributed by atoms with Crippen LogP contribution in [-0.4, -0.2) is 18.5 Å². The van der Waals surface area contributed by atoms with Gasteiger partial charge in [0.2, 0.25) is 0 Å². The highest BCUT2D eigenvalue weighted by Crippen LogP contribution is 2.37. The van der Waals surface area contributed by atoms with Crippen LogP contribution < -0.4 is 10.6 Å². The summed E-state index contributed by atoms with van der Waals surface area (Å²) in [6, 6.07) is 5.91. The van der Waals surface area contributed by atoms with Gasteiger partial charge in [0, 0.05) is 18.1 Å². The minimum atomic E-state index is -0.182. The van der Waals surface area contributed by atoms with Crippen LogP contribution in [0.15, 0.2) is 18.2 Å². The molecule has 2 N–H and O–H groups in total. The smallest absolute Gasteiger partial charge is 0.319 e. The molecule has 0 fully saturated rings. The molecule has 0 heterocycles. The first-order chi connectivity index (χ1) is 8.22. The summed E-state index contributed by atoms with van der Waals surface area (Å²) in [5, 5.41) is 5.60. The third kappa shape index (κ3) is 2.72. The van der Waals surface area contributed by atoms with Crippen molar-refractivity contribution in [2.45, 2.75) is 25.7 Å². The first-order valence-corrected chi connectivity index (χ1v) is 6.48. The van der Waals surface area contributed by atoms with E-state index in [1.54, 1.807) is 0 Å². The second-order valence-corrected chi connectivity index (χ2v) is 4.77. The Morgan fingerprint density at radius 2 is 2.35 bits per heavy atom. The van der Waals surface area contributed by atoms with Gasteiger partial charge in [0.05, 0.1) is 0 Å². The molecule has 1 aliphatic carbocycles. The first-order valence-electron chi connectivity index (χ1n) is 5.95. The highest BCUT2D eigenvalue weighted by atomic mass is 35.5. The number of carbonyl (C=O) groups excluding carboxylic acids is 1. The van der Waals surface area contributed by atoms with Crippen molar-refractivity contribution in [1.29, 1.82) is 0 Å². The van der Waals surface area contributed by atoms with Crippen LogP contribution in [0.5, 0.6) is 0 Å². The van der Waals surface area contributed by atoms with E-state index in [4.69, 9.17) is 11.6 Å². The normalized spacial score (nSPS) is 17.6. The molecule has 92 valence electrons. The zero-order valence-corrected chi connectivity index (χ0v) is 10.7. The molecule has 1 aromatic carbocycles. The SMILES string of the molecule is C[C@@H]1CCc2cccc(NC(=O)NCCCl)c21. The Morgan fingerprint density at radius 1 is 1.53 bits per heavy atom. The molecule has 0 saturated heterocycles. The third-order valence-corrected chi connectivity index (χ3v) is 3.35. The standard InChI is InChI=1S/C13H17ClN2O/c1-9-5-6-10-3-2-4-11(12(9)10)16-13(17)15-8-7-14/h2-4,9H,5-8H2,1H3,(H2,15,16,17)/t9-/m1/s1. The number of anilines is 1. The van der Waals surface area contributed by atoms with Gasteiger partial charge in [0.1, 0.15) is 0 Å². The number of rotatable bonds is 3. The molecular formula is C13H17ClN2O. The second kappa shape index (κ2) is 5.41. The van der Waals surface area contributed by atoms with Crippen LogP contribution in [0.25, 0.3) is 0 Å². The maximum absolute atomic E-state index is 11.6. The van der Waals surface area contributed by atoms with Crippen molar-refractivity contribution in [2.75, 3.05) is 17.7 Å². The lowest BCUT2D eigenvalue weighted by molar-refractivity contribution is 0.252. The van der Waals surface area contributed by atoms with Gasteiger partial charge in [-0.05, 0) is 36.0 Å². The van der Waals surface area contributed by atoms with Crippen LogP contribution in [0.3, 0.4) is 0 Å². The fraction of sp³-hybridized carbons (Fsp3) is 0.462. The van der Waals surface area contributed by atoms with Crippen LogP contribution in [-0.2, 0) is 6.42 Å². The van der Waals surface area contributed by atoms with E-state index in [1.165, 1.54) is 11.1 Å². The van der Waals surface area contributed by atoms with Crippen molar-refractivity contribution in [1.82, 2.24) is 5.32 Å². The Balaban J connectivity index is 2.12. The van der Waals surface area contributed by atoms with Crippen LogP contribution in [0.2, 0.25) is 0 Å². The topological polar surface area (TPSA) is 41.1 Å². The summed E-state index contributed by atoms with van der Waals surface area (Å²) in [6.07, 6.45) is 2.27. The van der Waals surface area contributed by atoms with Crippen LogP contribution in [0.4, 0.5) is 10.5 Å². The summed E-state index contributed by atoms with van der Waals surface area (Å²) in [5.74, 6) is 0.950. The number of urea groups is 1. The summed E-state index contributed by atoms with van der Waals surface area (Å²) in [6.45, 7) is 2.69. The molecule has 1 aliphatic rings. The van der Waals surface area contributed by atoms with Crippen molar-refractivity contribution in [3.8, 4) is 0 Å². The van der Waals surface area contributed by atoms with E-state index in [0.29, 0.717) is 18.3 Å². The molecule has 3 nitrogen and oxygen atoms in total. The molecule has 2 rings (SSSR count). The zero-order valence-electron chi connectivity index (χ0n) is 9.92. The van der Waals surface area contributed by atoms with E-state index in [1.807, 2.05) is 12.1 Å². The molecule has 0 unspecified atom stereocenters. The number of amides is 2. The van der Waals surface area contributed by atoms with E-state index in [0.717, 1.165) is 18.5 Å². The molecule has 0 radical (unpaired) electrons. The average Bonchev–Trinajstić information content (AvgIpc) is 2.70. The van der Waals surface area contributed by atoms with E-state index in [9.17, 15) is 4.79 Å². The van der Waals surface area contributed by atoms with Gasteiger partial charge in [-0.2, -0.15) is 0 Å². The number of hydrogen-bond donors (Lipinski definition) is 2. The molecular weight excluding hydrogens is 236 g/mol. The molecule has 1 aromatic rings. The lowest BCUT2D eigenvalue weighted by Gasteiger charge is -2.13. The largest absolute Gasteiger partial charge is 0.337 e. The number of hydrogen-bond acceptors (Lipinski definition) is 1. The molecule has 4 heteroatoms. The van der Waals surface area contributed by atoms with Gasteiger partial charge in [0.15, 0.2) is 0 Å². The van der Waals surface area contributed by atoms with Gasteiger partial charge >= 0.3 is 6.03 Å². The summed E-state index contributed by atoms with van der Waals surface area (Å²) in [4.78, 5) is 11.6. The summed E-state index contributed by atoms with van der Waals surface area (Å²) in [7, 11) is 0. The highest BCUT2D eigenvalue weighted by molar-refractivity contribution is 6.18. The maximum atomic E-state index is 11.6. The van der Waals surface area contributed by atoms with Crippen LogP contribution in [0.1, 0.15) is 30.4 Å². The predicted octanol–water partition coefficient (Wildman–Crippen LogP) is 3.10.